The number of unbranched alkanes of at least 4 members (excludes halogenated alkanes) is 1. The van der Waals surface area contributed by atoms with Gasteiger partial charge in [-0.1, -0.05) is 64.0 Å². The van der Waals surface area contributed by atoms with Gasteiger partial charge in [0.15, 0.2) is 0 Å². The fourth-order valence-corrected chi connectivity index (χ4v) is 5.51. The van der Waals surface area contributed by atoms with Crippen molar-refractivity contribution in [3.63, 3.8) is 0 Å². The number of aryl methyl sites for hydroxylation is 1. The Kier molecular flexibility index (Phi) is 7.60. The molecule has 0 saturated heterocycles. The largest absolute Gasteiger partial charge is 0.192 e. The Labute approximate surface area is 161 Å². The number of nitrogens with zero attached hydrogens (tertiary/aromatic N) is 1. The second kappa shape index (κ2) is 10.1. The molecule has 3 rings (SSSR count). The molecule has 0 bridgehead atoms. The average Bonchev–Trinajstić information content (AvgIpc) is 2.72. The third-order valence-corrected chi connectivity index (χ3v) is 7.34. The zero-order chi connectivity index (χ0) is 18.2. The van der Waals surface area contributed by atoms with Crippen molar-refractivity contribution in [2.75, 3.05) is 0 Å². The molecule has 1 heteroatoms. The van der Waals surface area contributed by atoms with Gasteiger partial charge < -0.3 is 0 Å². The van der Waals surface area contributed by atoms with Crippen molar-refractivity contribution in [2.24, 2.45) is 23.7 Å². The van der Waals surface area contributed by atoms with Gasteiger partial charge in [-0.2, -0.15) is 5.26 Å². The van der Waals surface area contributed by atoms with E-state index in [1.807, 2.05) is 12.1 Å². The average molecular weight is 352 g/mol. The van der Waals surface area contributed by atoms with Crippen LogP contribution in [0.25, 0.3) is 0 Å². The summed E-state index contributed by atoms with van der Waals surface area (Å²) in [6.45, 7) is 2.32. The number of rotatable bonds is 7. The molecule has 2 aliphatic rings. The lowest BCUT2D eigenvalue weighted by Gasteiger charge is -2.38. The molecule has 2 saturated carbocycles. The Morgan fingerprint density at radius 1 is 0.808 bits per heavy atom. The van der Waals surface area contributed by atoms with Crippen LogP contribution in [0, 0.1) is 35.0 Å². The number of benzene rings is 1. The molecule has 1 aromatic carbocycles. The second-order valence-corrected chi connectivity index (χ2v) is 9.05. The Balaban J connectivity index is 1.34. The van der Waals surface area contributed by atoms with Crippen LogP contribution in [-0.2, 0) is 6.42 Å². The van der Waals surface area contributed by atoms with Crippen molar-refractivity contribution < 1.29 is 0 Å². The van der Waals surface area contributed by atoms with Gasteiger partial charge in [0, 0.05) is 0 Å². The highest BCUT2D eigenvalue weighted by atomic mass is 14.4. The molecule has 0 atom stereocenters. The summed E-state index contributed by atoms with van der Waals surface area (Å²) in [7, 11) is 0. The van der Waals surface area contributed by atoms with Crippen molar-refractivity contribution in [3.05, 3.63) is 35.4 Å². The predicted molar refractivity (Wildman–Crippen MR) is 110 cm³/mol. The van der Waals surface area contributed by atoms with Gasteiger partial charge in [-0.15, -0.1) is 0 Å². The third kappa shape index (κ3) is 5.60. The monoisotopic (exact) mass is 351 g/mol. The molecule has 0 amide bonds. The van der Waals surface area contributed by atoms with Crippen LogP contribution in [-0.4, -0.2) is 0 Å². The maximum atomic E-state index is 8.90. The van der Waals surface area contributed by atoms with Crippen LogP contribution in [0.5, 0.6) is 0 Å². The lowest BCUT2D eigenvalue weighted by molar-refractivity contribution is 0.140. The Morgan fingerprint density at radius 2 is 1.35 bits per heavy atom. The minimum Gasteiger partial charge on any atom is -0.192 e. The van der Waals surface area contributed by atoms with Crippen molar-refractivity contribution in [1.82, 2.24) is 0 Å². The summed E-state index contributed by atoms with van der Waals surface area (Å²) in [5.41, 5.74) is 2.18. The lowest BCUT2D eigenvalue weighted by atomic mass is 9.68. The summed E-state index contributed by atoms with van der Waals surface area (Å²) in [5.74, 6) is 4.07. The molecule has 1 nitrogen and oxygen atoms in total. The molecule has 1 aromatic rings. The fraction of sp³-hybridized carbons (Fsp3) is 0.720. The first-order valence-corrected chi connectivity index (χ1v) is 11.3. The van der Waals surface area contributed by atoms with E-state index in [9.17, 15) is 0 Å². The quantitative estimate of drug-likeness (QED) is 0.506. The van der Waals surface area contributed by atoms with E-state index in [4.69, 9.17) is 5.26 Å². The molecule has 2 aliphatic carbocycles. The van der Waals surface area contributed by atoms with Crippen molar-refractivity contribution >= 4 is 0 Å². The van der Waals surface area contributed by atoms with Gasteiger partial charge >= 0.3 is 0 Å². The fourth-order valence-electron chi connectivity index (χ4n) is 5.51. The molecule has 2 fully saturated rings. The molecule has 0 radical (unpaired) electrons. The highest BCUT2D eigenvalue weighted by molar-refractivity contribution is 5.31. The molecule has 142 valence electrons. The Morgan fingerprint density at radius 3 is 1.85 bits per heavy atom. The first kappa shape index (κ1) is 19.5. The van der Waals surface area contributed by atoms with E-state index in [0.29, 0.717) is 0 Å². The zero-order valence-corrected chi connectivity index (χ0v) is 16.8. The van der Waals surface area contributed by atoms with Gasteiger partial charge in [0.2, 0.25) is 0 Å². The predicted octanol–water partition coefficient (Wildman–Crippen LogP) is 7.29. The maximum Gasteiger partial charge on any atom is 0.0991 e. The summed E-state index contributed by atoms with van der Waals surface area (Å²) >= 11 is 0. The van der Waals surface area contributed by atoms with E-state index in [-0.39, 0.29) is 0 Å². The standard InChI is InChI=1S/C25H37N/c1-2-3-4-20-11-15-24(16-12-20)25-17-13-22(14-18-25)6-5-21-7-9-23(19-26)10-8-21/h7-10,20,22,24-25H,2-6,11-18H2,1H3/t20-,22-,24-,25-. The molecule has 0 aliphatic heterocycles. The van der Waals surface area contributed by atoms with Crippen LogP contribution in [0.4, 0.5) is 0 Å². The zero-order valence-electron chi connectivity index (χ0n) is 16.8. The molecular weight excluding hydrogens is 314 g/mol. The molecule has 0 aromatic heterocycles. The van der Waals surface area contributed by atoms with Gasteiger partial charge in [0.25, 0.3) is 0 Å². The normalized spacial score (nSPS) is 29.2. The van der Waals surface area contributed by atoms with Crippen LogP contribution >= 0.6 is 0 Å². The molecule has 0 N–H and O–H groups in total. The van der Waals surface area contributed by atoms with Crippen molar-refractivity contribution in [1.29, 1.82) is 5.26 Å². The first-order valence-electron chi connectivity index (χ1n) is 11.3. The summed E-state index contributed by atoms with van der Waals surface area (Å²) in [6.07, 6.45) is 18.8. The number of nitriles is 1. The van der Waals surface area contributed by atoms with Gasteiger partial charge in [-0.3, -0.25) is 0 Å². The first-order chi connectivity index (χ1) is 12.8. The molecule has 0 spiro atoms. The minimum absolute atomic E-state index is 0.777. The van der Waals surface area contributed by atoms with Crippen LogP contribution in [0.2, 0.25) is 0 Å². The van der Waals surface area contributed by atoms with E-state index in [0.717, 1.165) is 29.2 Å². The van der Waals surface area contributed by atoms with E-state index in [1.54, 1.807) is 0 Å². The van der Waals surface area contributed by atoms with Crippen molar-refractivity contribution in [2.45, 2.75) is 90.4 Å². The highest BCUT2D eigenvalue weighted by Crippen LogP contribution is 2.43. The van der Waals surface area contributed by atoms with E-state index >= 15 is 0 Å². The van der Waals surface area contributed by atoms with Crippen LogP contribution < -0.4 is 0 Å². The summed E-state index contributed by atoms with van der Waals surface area (Å²) < 4.78 is 0. The van der Waals surface area contributed by atoms with Crippen LogP contribution in [0.3, 0.4) is 0 Å². The Bertz CT molecular complexity index is 551. The molecule has 26 heavy (non-hydrogen) atoms. The van der Waals surface area contributed by atoms with Crippen LogP contribution in [0.1, 0.15) is 95.1 Å². The minimum atomic E-state index is 0.777. The lowest BCUT2D eigenvalue weighted by Crippen LogP contribution is -2.26. The third-order valence-electron chi connectivity index (χ3n) is 7.34. The summed E-state index contributed by atoms with van der Waals surface area (Å²) in [4.78, 5) is 0. The van der Waals surface area contributed by atoms with E-state index in [2.05, 4.69) is 25.1 Å². The van der Waals surface area contributed by atoms with Gasteiger partial charge in [-0.05, 0) is 79.9 Å². The number of hydrogen-bond donors (Lipinski definition) is 0. The molecular formula is C25H37N. The number of hydrogen-bond acceptors (Lipinski definition) is 1. The van der Waals surface area contributed by atoms with E-state index in [1.165, 1.54) is 89.0 Å². The van der Waals surface area contributed by atoms with Gasteiger partial charge in [-0.25, -0.2) is 0 Å². The smallest absolute Gasteiger partial charge is 0.0991 e. The van der Waals surface area contributed by atoms with Gasteiger partial charge in [0.1, 0.15) is 0 Å². The highest BCUT2D eigenvalue weighted by Gasteiger charge is 2.30. The van der Waals surface area contributed by atoms with Crippen molar-refractivity contribution in [3.8, 4) is 6.07 Å². The molecule has 0 unspecified atom stereocenters. The second-order valence-electron chi connectivity index (χ2n) is 9.05. The van der Waals surface area contributed by atoms with E-state index < -0.39 is 0 Å². The Hall–Kier alpha value is -1.29. The van der Waals surface area contributed by atoms with Gasteiger partial charge in [0.05, 0.1) is 11.6 Å². The summed E-state index contributed by atoms with van der Waals surface area (Å²) in [5, 5.41) is 8.90. The topological polar surface area (TPSA) is 23.8 Å². The maximum absolute atomic E-state index is 8.90. The SMILES string of the molecule is CCCC[C@H]1CC[C@H]([C@H]2CC[C@H](CCc3ccc(C#N)cc3)CC2)CC1. The van der Waals surface area contributed by atoms with Crippen LogP contribution in [0.15, 0.2) is 24.3 Å². The molecule has 0 heterocycles. The summed E-state index contributed by atoms with van der Waals surface area (Å²) in [6, 6.07) is 10.4.